The highest BCUT2D eigenvalue weighted by Crippen LogP contribution is 2.31. The molecule has 2 aromatic carbocycles. The van der Waals surface area contributed by atoms with Crippen molar-refractivity contribution in [1.29, 1.82) is 0 Å². The number of rotatable bonds is 10. The van der Waals surface area contributed by atoms with E-state index in [1.54, 1.807) is 30.7 Å². The standard InChI is InChI=1S/C29H30N2O5S/c1-5-7-17-35-23-12-8-20(9-13-23)18-24-27(32)31-26(21-10-14-22(34-4)15-11-21)25(28(33)36-16-6-2)19(3)30-29(31)37-24/h6,8-15,18,26H,2,5,7,16-17H2,1,3-4H3. The maximum Gasteiger partial charge on any atom is 0.338 e. The Hall–Kier alpha value is -3.91. The molecule has 0 radical (unpaired) electrons. The van der Waals surface area contributed by atoms with Crippen LogP contribution in [0.2, 0.25) is 0 Å². The Kier molecular flexibility index (Phi) is 8.40. The van der Waals surface area contributed by atoms with Crippen LogP contribution in [-0.4, -0.2) is 30.9 Å². The van der Waals surface area contributed by atoms with Gasteiger partial charge in [-0.1, -0.05) is 61.6 Å². The summed E-state index contributed by atoms with van der Waals surface area (Å²) in [6.07, 6.45) is 5.41. The van der Waals surface area contributed by atoms with Crippen LogP contribution in [0, 0.1) is 0 Å². The van der Waals surface area contributed by atoms with Crippen LogP contribution in [0.15, 0.2) is 82.2 Å². The fourth-order valence-electron chi connectivity index (χ4n) is 4.04. The number of unbranched alkanes of at least 4 members (excludes halogenated alkanes) is 1. The van der Waals surface area contributed by atoms with E-state index in [0.29, 0.717) is 33.0 Å². The number of allylic oxidation sites excluding steroid dienone is 1. The number of hydrogen-bond acceptors (Lipinski definition) is 7. The van der Waals surface area contributed by atoms with Crippen molar-refractivity contribution in [3.63, 3.8) is 0 Å². The number of nitrogens with zero attached hydrogens (tertiary/aromatic N) is 2. The van der Waals surface area contributed by atoms with Crippen LogP contribution in [-0.2, 0) is 9.53 Å². The quantitative estimate of drug-likeness (QED) is 0.229. The van der Waals surface area contributed by atoms with E-state index in [0.717, 1.165) is 29.7 Å². The van der Waals surface area contributed by atoms with E-state index in [1.165, 1.54) is 17.4 Å². The zero-order chi connectivity index (χ0) is 26.4. The highest BCUT2D eigenvalue weighted by atomic mass is 32.1. The SMILES string of the molecule is C=CCOC(=O)C1=C(C)N=c2sc(=Cc3ccc(OCCCC)cc3)c(=O)n2C1c1ccc(OC)cc1. The summed E-state index contributed by atoms with van der Waals surface area (Å²) in [6, 6.07) is 14.3. The second-order valence-electron chi connectivity index (χ2n) is 8.51. The number of fused-ring (bicyclic) bond motifs is 1. The molecule has 8 heteroatoms. The van der Waals surface area contributed by atoms with Crippen molar-refractivity contribution in [2.24, 2.45) is 4.99 Å². The molecule has 0 saturated heterocycles. The van der Waals surface area contributed by atoms with Gasteiger partial charge < -0.3 is 14.2 Å². The van der Waals surface area contributed by atoms with Crippen LogP contribution in [0.3, 0.4) is 0 Å². The molecule has 4 rings (SSSR count). The van der Waals surface area contributed by atoms with Gasteiger partial charge in [-0.2, -0.15) is 0 Å². The highest BCUT2D eigenvalue weighted by molar-refractivity contribution is 7.07. The molecule has 0 fully saturated rings. The highest BCUT2D eigenvalue weighted by Gasteiger charge is 2.33. The van der Waals surface area contributed by atoms with Crippen molar-refractivity contribution in [1.82, 2.24) is 4.57 Å². The van der Waals surface area contributed by atoms with Gasteiger partial charge in [0, 0.05) is 0 Å². The summed E-state index contributed by atoms with van der Waals surface area (Å²) in [5.74, 6) is 0.939. The molecular weight excluding hydrogens is 488 g/mol. The number of hydrogen-bond donors (Lipinski definition) is 0. The third kappa shape index (κ3) is 5.75. The third-order valence-corrected chi connectivity index (χ3v) is 6.93. The third-order valence-electron chi connectivity index (χ3n) is 5.95. The van der Waals surface area contributed by atoms with Gasteiger partial charge in [-0.05, 0) is 54.8 Å². The minimum Gasteiger partial charge on any atom is -0.497 e. The predicted octanol–water partition coefficient (Wildman–Crippen LogP) is 4.15. The first-order valence-electron chi connectivity index (χ1n) is 12.1. The lowest BCUT2D eigenvalue weighted by Gasteiger charge is -2.24. The number of benzene rings is 2. The number of aromatic nitrogens is 1. The Morgan fingerprint density at radius 2 is 1.84 bits per heavy atom. The van der Waals surface area contributed by atoms with E-state index in [-0.39, 0.29) is 12.2 Å². The number of esters is 1. The summed E-state index contributed by atoms with van der Waals surface area (Å²) in [4.78, 5) is 31.9. The summed E-state index contributed by atoms with van der Waals surface area (Å²) in [5, 5.41) is 0. The van der Waals surface area contributed by atoms with Gasteiger partial charge >= 0.3 is 5.97 Å². The molecule has 0 aliphatic carbocycles. The van der Waals surface area contributed by atoms with E-state index in [4.69, 9.17) is 14.2 Å². The first kappa shape index (κ1) is 26.2. The summed E-state index contributed by atoms with van der Waals surface area (Å²) >= 11 is 1.29. The molecule has 1 unspecified atom stereocenters. The summed E-state index contributed by atoms with van der Waals surface area (Å²) in [6.45, 7) is 8.23. The molecule has 37 heavy (non-hydrogen) atoms. The van der Waals surface area contributed by atoms with Crippen LogP contribution >= 0.6 is 11.3 Å². The molecule has 192 valence electrons. The minimum atomic E-state index is -0.684. The van der Waals surface area contributed by atoms with Gasteiger partial charge in [-0.25, -0.2) is 9.79 Å². The van der Waals surface area contributed by atoms with Crippen LogP contribution < -0.4 is 24.4 Å². The lowest BCUT2D eigenvalue weighted by molar-refractivity contribution is -0.138. The Morgan fingerprint density at radius 1 is 1.14 bits per heavy atom. The maximum absolute atomic E-state index is 13.7. The molecule has 2 heterocycles. The van der Waals surface area contributed by atoms with Gasteiger partial charge in [0.25, 0.3) is 5.56 Å². The molecule has 1 aromatic heterocycles. The van der Waals surface area contributed by atoms with Gasteiger partial charge in [-0.3, -0.25) is 9.36 Å². The lowest BCUT2D eigenvalue weighted by atomic mass is 9.96. The first-order valence-corrected chi connectivity index (χ1v) is 13.0. The van der Waals surface area contributed by atoms with Crippen molar-refractivity contribution in [2.75, 3.05) is 20.3 Å². The normalized spacial score (nSPS) is 15.1. The number of methoxy groups -OCH3 is 1. The average molecular weight is 519 g/mol. The fourth-order valence-corrected chi connectivity index (χ4v) is 5.09. The number of carbonyl (C=O) groups is 1. The molecule has 0 saturated carbocycles. The van der Waals surface area contributed by atoms with Crippen molar-refractivity contribution in [2.45, 2.75) is 32.7 Å². The smallest absolute Gasteiger partial charge is 0.338 e. The van der Waals surface area contributed by atoms with Crippen molar-refractivity contribution < 1.29 is 19.0 Å². The molecule has 1 aliphatic rings. The average Bonchev–Trinajstić information content (AvgIpc) is 3.21. The van der Waals surface area contributed by atoms with E-state index >= 15 is 0 Å². The zero-order valence-corrected chi connectivity index (χ0v) is 22.0. The Balaban J connectivity index is 1.78. The second-order valence-corrected chi connectivity index (χ2v) is 9.52. The number of ether oxygens (including phenoxy) is 3. The van der Waals surface area contributed by atoms with E-state index in [2.05, 4.69) is 18.5 Å². The predicted molar refractivity (Wildman–Crippen MR) is 145 cm³/mol. The van der Waals surface area contributed by atoms with Gasteiger partial charge in [-0.15, -0.1) is 0 Å². The van der Waals surface area contributed by atoms with Gasteiger partial charge in [0.05, 0.1) is 35.6 Å². The van der Waals surface area contributed by atoms with Crippen LogP contribution in [0.4, 0.5) is 0 Å². The lowest BCUT2D eigenvalue weighted by Crippen LogP contribution is -2.39. The Bertz CT molecular complexity index is 1480. The maximum atomic E-state index is 13.7. The number of thiazole rings is 1. The summed E-state index contributed by atoms with van der Waals surface area (Å²) in [7, 11) is 1.59. The molecular formula is C29H30N2O5S. The molecule has 3 aromatic rings. The van der Waals surface area contributed by atoms with E-state index in [1.807, 2.05) is 42.5 Å². The molecule has 1 atom stereocenters. The molecule has 0 bridgehead atoms. The largest absolute Gasteiger partial charge is 0.497 e. The van der Waals surface area contributed by atoms with Crippen molar-refractivity contribution in [3.8, 4) is 11.5 Å². The topological polar surface area (TPSA) is 79.1 Å². The summed E-state index contributed by atoms with van der Waals surface area (Å²) in [5.41, 5.74) is 2.22. The van der Waals surface area contributed by atoms with Gasteiger partial charge in [0.2, 0.25) is 0 Å². The van der Waals surface area contributed by atoms with Gasteiger partial charge in [0.15, 0.2) is 4.80 Å². The van der Waals surface area contributed by atoms with Crippen LogP contribution in [0.1, 0.15) is 43.9 Å². The molecule has 0 amide bonds. The minimum absolute atomic E-state index is 0.0630. The van der Waals surface area contributed by atoms with E-state index in [9.17, 15) is 9.59 Å². The molecule has 1 aliphatic heterocycles. The van der Waals surface area contributed by atoms with Crippen LogP contribution in [0.25, 0.3) is 6.08 Å². The molecule has 0 N–H and O–H groups in total. The zero-order valence-electron chi connectivity index (χ0n) is 21.2. The summed E-state index contributed by atoms with van der Waals surface area (Å²) < 4.78 is 18.5. The Morgan fingerprint density at radius 3 is 2.49 bits per heavy atom. The van der Waals surface area contributed by atoms with Gasteiger partial charge in [0.1, 0.15) is 18.1 Å². The van der Waals surface area contributed by atoms with Crippen molar-refractivity contribution in [3.05, 3.63) is 103 Å². The van der Waals surface area contributed by atoms with E-state index < -0.39 is 12.0 Å². The molecule has 7 nitrogen and oxygen atoms in total. The fraction of sp³-hybridized carbons (Fsp3) is 0.276. The number of carbonyl (C=O) groups excluding carboxylic acids is 1. The van der Waals surface area contributed by atoms with Crippen LogP contribution in [0.5, 0.6) is 11.5 Å². The van der Waals surface area contributed by atoms with Crippen molar-refractivity contribution >= 4 is 23.4 Å². The Labute approximate surface area is 219 Å². The monoisotopic (exact) mass is 518 g/mol. The molecule has 0 spiro atoms. The first-order chi connectivity index (χ1) is 18.0. The second kappa shape index (κ2) is 11.9.